The van der Waals surface area contributed by atoms with Crippen molar-refractivity contribution in [2.24, 2.45) is 5.92 Å². The van der Waals surface area contributed by atoms with Gasteiger partial charge in [-0.25, -0.2) is 0 Å². The molecule has 1 aliphatic heterocycles. The van der Waals surface area contributed by atoms with Crippen LogP contribution >= 0.6 is 15.9 Å². The van der Waals surface area contributed by atoms with Gasteiger partial charge in [-0.3, -0.25) is 0 Å². The Morgan fingerprint density at radius 3 is 2.83 bits per heavy atom. The van der Waals surface area contributed by atoms with Crippen molar-refractivity contribution >= 4 is 21.6 Å². The molecule has 0 saturated heterocycles. The van der Waals surface area contributed by atoms with Crippen LogP contribution in [0, 0.1) is 17.2 Å². The summed E-state index contributed by atoms with van der Waals surface area (Å²) in [5, 5.41) is 12.3. The highest BCUT2D eigenvalue weighted by atomic mass is 79.9. The van der Waals surface area contributed by atoms with Crippen LogP contribution in [0.1, 0.15) is 29.5 Å². The standard InChI is InChI=1S/C20H17BrN2O/c21-18-6-2-5-17-15-3-1-4-16(15)19(23-20(17)18)13-7-9-14(10-8-13)24-12-11-22/h1-3,5-10,15-16,19,23H,4,12H2/t15-,16+,19+/m1/s1. The lowest BCUT2D eigenvalue weighted by Crippen LogP contribution is -2.29. The molecule has 4 rings (SSSR count). The van der Waals surface area contributed by atoms with Crippen molar-refractivity contribution in [2.75, 3.05) is 11.9 Å². The lowest BCUT2D eigenvalue weighted by Gasteiger charge is -2.38. The first-order valence-corrected chi connectivity index (χ1v) is 8.88. The third kappa shape index (κ3) is 2.59. The minimum absolute atomic E-state index is 0.0793. The fourth-order valence-electron chi connectivity index (χ4n) is 3.80. The van der Waals surface area contributed by atoms with Crippen LogP contribution in [0.4, 0.5) is 5.69 Å². The first-order valence-electron chi connectivity index (χ1n) is 8.09. The molecule has 0 radical (unpaired) electrons. The Morgan fingerprint density at radius 2 is 2.04 bits per heavy atom. The number of hydrogen-bond acceptors (Lipinski definition) is 3. The van der Waals surface area contributed by atoms with Gasteiger partial charge in [0.1, 0.15) is 11.8 Å². The molecule has 0 amide bonds. The Bertz CT molecular complexity index is 823. The van der Waals surface area contributed by atoms with Gasteiger partial charge in [0.15, 0.2) is 6.61 Å². The van der Waals surface area contributed by atoms with Crippen LogP contribution in [-0.4, -0.2) is 6.61 Å². The molecule has 1 aliphatic carbocycles. The predicted molar refractivity (Wildman–Crippen MR) is 98.0 cm³/mol. The molecule has 1 N–H and O–H groups in total. The van der Waals surface area contributed by atoms with Gasteiger partial charge in [0.05, 0.1) is 11.7 Å². The molecule has 0 saturated carbocycles. The normalized spacial score (nSPS) is 23.8. The van der Waals surface area contributed by atoms with Crippen molar-refractivity contribution in [1.29, 1.82) is 5.26 Å². The lowest BCUT2D eigenvalue weighted by molar-refractivity contribution is 0.367. The van der Waals surface area contributed by atoms with E-state index in [1.165, 1.54) is 16.8 Å². The topological polar surface area (TPSA) is 45.0 Å². The van der Waals surface area contributed by atoms with Crippen molar-refractivity contribution < 1.29 is 4.74 Å². The lowest BCUT2D eigenvalue weighted by atomic mass is 9.77. The monoisotopic (exact) mass is 380 g/mol. The highest BCUT2D eigenvalue weighted by molar-refractivity contribution is 9.10. The van der Waals surface area contributed by atoms with E-state index in [4.69, 9.17) is 10.00 Å². The molecule has 0 unspecified atom stereocenters. The van der Waals surface area contributed by atoms with E-state index >= 15 is 0 Å². The third-order valence-electron chi connectivity index (χ3n) is 4.89. The zero-order chi connectivity index (χ0) is 16.5. The smallest absolute Gasteiger partial charge is 0.174 e. The van der Waals surface area contributed by atoms with Crippen molar-refractivity contribution in [2.45, 2.75) is 18.4 Å². The first kappa shape index (κ1) is 15.3. The quantitative estimate of drug-likeness (QED) is 0.746. The van der Waals surface area contributed by atoms with E-state index in [1.807, 2.05) is 18.2 Å². The van der Waals surface area contributed by atoms with Crippen LogP contribution in [0.3, 0.4) is 0 Å². The summed E-state index contributed by atoms with van der Waals surface area (Å²) >= 11 is 3.68. The van der Waals surface area contributed by atoms with Gasteiger partial charge in [-0.05, 0) is 57.6 Å². The van der Waals surface area contributed by atoms with E-state index in [9.17, 15) is 0 Å². The SMILES string of the molecule is N#CCOc1ccc([C@@H]2Nc3c(Br)cccc3[C@@H]3C=CC[C@@H]32)cc1. The second-order valence-electron chi connectivity index (χ2n) is 6.20. The molecule has 0 fully saturated rings. The molecule has 0 bridgehead atoms. The van der Waals surface area contributed by atoms with Crippen LogP contribution in [0.5, 0.6) is 5.75 Å². The van der Waals surface area contributed by atoms with Crippen LogP contribution in [0.25, 0.3) is 0 Å². The summed E-state index contributed by atoms with van der Waals surface area (Å²) in [5.74, 6) is 1.72. The van der Waals surface area contributed by atoms with Gasteiger partial charge in [-0.2, -0.15) is 5.26 Å². The summed E-state index contributed by atoms with van der Waals surface area (Å²) in [6, 6.07) is 16.8. The number of nitrogens with zero attached hydrogens (tertiary/aromatic N) is 1. The van der Waals surface area contributed by atoms with E-state index in [1.54, 1.807) is 0 Å². The second kappa shape index (κ2) is 6.33. The Morgan fingerprint density at radius 1 is 1.21 bits per heavy atom. The number of hydrogen-bond donors (Lipinski definition) is 1. The number of nitrogens with one attached hydrogen (secondary N) is 1. The molecule has 120 valence electrons. The van der Waals surface area contributed by atoms with Crippen LogP contribution in [0.2, 0.25) is 0 Å². The van der Waals surface area contributed by atoms with E-state index in [2.05, 4.69) is 63.7 Å². The maximum Gasteiger partial charge on any atom is 0.174 e. The fourth-order valence-corrected chi connectivity index (χ4v) is 4.30. The second-order valence-corrected chi connectivity index (χ2v) is 7.05. The molecule has 2 aliphatic rings. The summed E-state index contributed by atoms with van der Waals surface area (Å²) in [6.07, 6.45) is 5.72. The number of para-hydroxylation sites is 1. The molecular weight excluding hydrogens is 364 g/mol. The number of anilines is 1. The van der Waals surface area contributed by atoms with Crippen LogP contribution in [0.15, 0.2) is 59.1 Å². The van der Waals surface area contributed by atoms with Crippen molar-refractivity contribution in [3.8, 4) is 11.8 Å². The van der Waals surface area contributed by atoms with Crippen molar-refractivity contribution in [3.05, 3.63) is 70.2 Å². The molecule has 2 aromatic carbocycles. The molecule has 3 atom stereocenters. The van der Waals surface area contributed by atoms with Gasteiger partial charge < -0.3 is 10.1 Å². The first-order chi connectivity index (χ1) is 11.8. The Balaban J connectivity index is 1.67. The number of ether oxygens (including phenoxy) is 1. The summed E-state index contributed by atoms with van der Waals surface area (Å²) in [7, 11) is 0. The number of halogens is 1. The largest absolute Gasteiger partial charge is 0.479 e. The Labute approximate surface area is 150 Å². The number of fused-ring (bicyclic) bond motifs is 3. The number of benzene rings is 2. The third-order valence-corrected chi connectivity index (χ3v) is 5.55. The highest BCUT2D eigenvalue weighted by Gasteiger charge is 2.38. The van der Waals surface area contributed by atoms with Gasteiger partial charge in [0.2, 0.25) is 0 Å². The van der Waals surface area contributed by atoms with Crippen LogP contribution in [-0.2, 0) is 0 Å². The molecule has 1 heterocycles. The maximum atomic E-state index is 8.61. The maximum absolute atomic E-state index is 8.61. The average Bonchev–Trinajstić information content (AvgIpc) is 3.10. The summed E-state index contributed by atoms with van der Waals surface area (Å²) in [5.41, 5.74) is 3.81. The zero-order valence-corrected chi connectivity index (χ0v) is 14.7. The van der Waals surface area contributed by atoms with E-state index < -0.39 is 0 Å². The average molecular weight is 381 g/mol. The Hall–Kier alpha value is -2.25. The van der Waals surface area contributed by atoms with Crippen molar-refractivity contribution in [3.63, 3.8) is 0 Å². The Kier molecular flexibility index (Phi) is 4.03. The zero-order valence-electron chi connectivity index (χ0n) is 13.1. The van der Waals surface area contributed by atoms with Gasteiger partial charge >= 0.3 is 0 Å². The highest BCUT2D eigenvalue weighted by Crippen LogP contribution is 2.51. The molecule has 3 nitrogen and oxygen atoms in total. The summed E-state index contributed by atoms with van der Waals surface area (Å²) < 4.78 is 6.47. The molecule has 0 aromatic heterocycles. The number of rotatable bonds is 3. The van der Waals surface area contributed by atoms with E-state index in [0.29, 0.717) is 11.8 Å². The predicted octanol–water partition coefficient (Wildman–Crippen LogP) is 5.18. The number of nitriles is 1. The summed E-state index contributed by atoms with van der Waals surface area (Å²) in [6.45, 7) is 0.0793. The minimum atomic E-state index is 0.0793. The van der Waals surface area contributed by atoms with E-state index in [-0.39, 0.29) is 12.6 Å². The molecule has 4 heteroatoms. The van der Waals surface area contributed by atoms with Crippen LogP contribution < -0.4 is 10.1 Å². The van der Waals surface area contributed by atoms with E-state index in [0.717, 1.165) is 16.6 Å². The minimum Gasteiger partial charge on any atom is -0.479 e. The van der Waals surface area contributed by atoms with Crippen molar-refractivity contribution in [1.82, 2.24) is 0 Å². The molecule has 24 heavy (non-hydrogen) atoms. The molecule has 2 aromatic rings. The van der Waals surface area contributed by atoms with Gasteiger partial charge in [0.25, 0.3) is 0 Å². The fraction of sp³-hybridized carbons (Fsp3) is 0.250. The molecule has 0 spiro atoms. The number of allylic oxidation sites excluding steroid dienone is 2. The van der Waals surface area contributed by atoms with Gasteiger partial charge in [-0.1, -0.05) is 36.4 Å². The molecular formula is C20H17BrN2O. The van der Waals surface area contributed by atoms with Gasteiger partial charge in [-0.15, -0.1) is 0 Å². The summed E-state index contributed by atoms with van der Waals surface area (Å²) in [4.78, 5) is 0. The van der Waals surface area contributed by atoms with Gasteiger partial charge in [0, 0.05) is 10.4 Å².